The van der Waals surface area contributed by atoms with Crippen molar-refractivity contribution in [2.75, 3.05) is 23.3 Å². The Balaban J connectivity index is 1.53. The molecule has 1 fully saturated rings. The molecule has 30 heavy (non-hydrogen) atoms. The lowest BCUT2D eigenvalue weighted by Crippen LogP contribution is -2.36. The molecule has 154 valence electrons. The quantitative estimate of drug-likeness (QED) is 0.613. The first-order valence-electron chi connectivity index (χ1n) is 9.61. The number of aliphatic hydroxyl groups excluding tert-OH is 1. The van der Waals surface area contributed by atoms with Gasteiger partial charge in [-0.25, -0.2) is 9.97 Å². The molecule has 3 aromatic rings. The minimum atomic E-state index is -0.341. The molecule has 6 nitrogen and oxygen atoms in total. The summed E-state index contributed by atoms with van der Waals surface area (Å²) >= 11 is 12.0. The van der Waals surface area contributed by atoms with Gasteiger partial charge in [0.2, 0.25) is 0 Å². The molecule has 1 aliphatic heterocycles. The van der Waals surface area contributed by atoms with E-state index in [1.165, 1.54) is 0 Å². The number of anilines is 2. The highest BCUT2D eigenvalue weighted by atomic mass is 35.5. The Morgan fingerprint density at radius 3 is 2.30 bits per heavy atom. The number of hydrogen-bond donors (Lipinski definition) is 2. The summed E-state index contributed by atoms with van der Waals surface area (Å²) in [7, 11) is 0. The molecule has 1 aromatic carbocycles. The number of nitrogens with zero attached hydrogens (tertiary/aromatic N) is 3. The zero-order valence-electron chi connectivity index (χ0n) is 16.1. The highest BCUT2D eigenvalue weighted by molar-refractivity contribution is 6.35. The third kappa shape index (κ3) is 4.90. The van der Waals surface area contributed by atoms with Crippen LogP contribution in [0, 0.1) is 0 Å². The van der Waals surface area contributed by atoms with Crippen LogP contribution < -0.4 is 10.2 Å². The Hall–Kier alpha value is -2.67. The standard InChI is InChI=1S/C22H20Cl2N4O2/c23-17-9-16(10-18(24)13-17)22(30)27-20-11-14(1-5-25-20)15-2-6-26-21(12-15)28-7-3-19(29)4-8-28/h1-2,5-6,9-13,19,29H,3-4,7-8H2,(H,25,27,30). The number of benzene rings is 1. The lowest BCUT2D eigenvalue weighted by Gasteiger charge is -2.30. The summed E-state index contributed by atoms with van der Waals surface area (Å²) in [6, 6.07) is 12.3. The molecular weight excluding hydrogens is 423 g/mol. The minimum Gasteiger partial charge on any atom is -0.393 e. The molecule has 1 amide bonds. The van der Waals surface area contributed by atoms with Crippen molar-refractivity contribution in [1.29, 1.82) is 0 Å². The van der Waals surface area contributed by atoms with Gasteiger partial charge in [-0.1, -0.05) is 23.2 Å². The molecule has 0 saturated carbocycles. The van der Waals surface area contributed by atoms with E-state index in [1.807, 2.05) is 24.3 Å². The summed E-state index contributed by atoms with van der Waals surface area (Å²) < 4.78 is 0. The first-order valence-corrected chi connectivity index (χ1v) is 10.4. The fourth-order valence-electron chi connectivity index (χ4n) is 3.42. The van der Waals surface area contributed by atoms with Gasteiger partial charge >= 0.3 is 0 Å². The van der Waals surface area contributed by atoms with E-state index >= 15 is 0 Å². The van der Waals surface area contributed by atoms with Crippen LogP contribution in [-0.2, 0) is 0 Å². The molecule has 0 aliphatic carbocycles. The van der Waals surface area contributed by atoms with Gasteiger partial charge in [0.1, 0.15) is 11.6 Å². The maximum Gasteiger partial charge on any atom is 0.256 e. The minimum absolute atomic E-state index is 0.231. The predicted molar refractivity (Wildman–Crippen MR) is 119 cm³/mol. The second kappa shape index (κ2) is 9.00. The summed E-state index contributed by atoms with van der Waals surface area (Å²) in [5, 5.41) is 13.3. The van der Waals surface area contributed by atoms with E-state index in [0.717, 1.165) is 42.9 Å². The number of aromatic nitrogens is 2. The van der Waals surface area contributed by atoms with Gasteiger partial charge in [-0.2, -0.15) is 0 Å². The molecule has 8 heteroatoms. The number of rotatable bonds is 4. The maximum atomic E-state index is 12.5. The number of carbonyl (C=O) groups is 1. The van der Waals surface area contributed by atoms with Gasteiger partial charge in [0.25, 0.3) is 5.91 Å². The zero-order chi connectivity index (χ0) is 21.1. The Bertz CT molecular complexity index is 1050. The molecule has 4 rings (SSSR count). The van der Waals surface area contributed by atoms with Crippen molar-refractivity contribution in [1.82, 2.24) is 9.97 Å². The summed E-state index contributed by atoms with van der Waals surface area (Å²) in [5.41, 5.74) is 2.23. The number of piperidine rings is 1. The van der Waals surface area contributed by atoms with E-state index in [9.17, 15) is 9.90 Å². The average molecular weight is 443 g/mol. The normalized spacial score (nSPS) is 14.6. The number of carbonyl (C=O) groups excluding carboxylic acids is 1. The molecule has 0 bridgehead atoms. The second-order valence-corrected chi connectivity index (χ2v) is 8.04. The SMILES string of the molecule is O=C(Nc1cc(-c2ccnc(N3CCC(O)CC3)c2)ccn1)c1cc(Cl)cc(Cl)c1. The van der Waals surface area contributed by atoms with Gasteiger partial charge in [0.15, 0.2) is 0 Å². The first kappa shape index (κ1) is 20.6. The number of amides is 1. The van der Waals surface area contributed by atoms with Crippen LogP contribution in [-0.4, -0.2) is 40.2 Å². The maximum absolute atomic E-state index is 12.5. The lowest BCUT2D eigenvalue weighted by molar-refractivity contribution is 0.102. The van der Waals surface area contributed by atoms with Gasteiger partial charge in [0, 0.05) is 41.1 Å². The summed E-state index contributed by atoms with van der Waals surface area (Å²) in [6.07, 6.45) is 4.66. The van der Waals surface area contributed by atoms with Crippen LogP contribution in [0.3, 0.4) is 0 Å². The number of aliphatic hydroxyl groups is 1. The monoisotopic (exact) mass is 442 g/mol. The van der Waals surface area contributed by atoms with Crippen molar-refractivity contribution >= 4 is 40.7 Å². The number of pyridine rings is 2. The van der Waals surface area contributed by atoms with E-state index in [4.69, 9.17) is 23.2 Å². The van der Waals surface area contributed by atoms with Gasteiger partial charge in [-0.15, -0.1) is 0 Å². The largest absolute Gasteiger partial charge is 0.393 e. The molecule has 1 saturated heterocycles. The fourth-order valence-corrected chi connectivity index (χ4v) is 3.94. The van der Waals surface area contributed by atoms with Gasteiger partial charge in [0.05, 0.1) is 6.10 Å². The van der Waals surface area contributed by atoms with Gasteiger partial charge < -0.3 is 15.3 Å². The van der Waals surface area contributed by atoms with E-state index in [-0.39, 0.29) is 12.0 Å². The average Bonchev–Trinajstić information content (AvgIpc) is 2.74. The van der Waals surface area contributed by atoms with E-state index in [0.29, 0.717) is 21.4 Å². The van der Waals surface area contributed by atoms with Crippen molar-refractivity contribution in [3.8, 4) is 11.1 Å². The Morgan fingerprint density at radius 2 is 1.60 bits per heavy atom. The Morgan fingerprint density at radius 1 is 0.967 bits per heavy atom. The lowest BCUT2D eigenvalue weighted by atomic mass is 10.1. The number of nitrogens with one attached hydrogen (secondary N) is 1. The van der Waals surface area contributed by atoms with Crippen molar-refractivity contribution in [3.05, 3.63) is 70.5 Å². The topological polar surface area (TPSA) is 78.4 Å². The number of hydrogen-bond acceptors (Lipinski definition) is 5. The molecule has 3 heterocycles. The van der Waals surface area contributed by atoms with Crippen LogP contribution >= 0.6 is 23.2 Å². The van der Waals surface area contributed by atoms with E-state index < -0.39 is 0 Å². The third-order valence-electron chi connectivity index (χ3n) is 4.99. The van der Waals surface area contributed by atoms with Crippen molar-refractivity contribution in [2.24, 2.45) is 0 Å². The second-order valence-electron chi connectivity index (χ2n) is 7.16. The van der Waals surface area contributed by atoms with Crippen molar-refractivity contribution in [3.63, 3.8) is 0 Å². The van der Waals surface area contributed by atoms with Crippen molar-refractivity contribution < 1.29 is 9.90 Å². The van der Waals surface area contributed by atoms with Crippen LogP contribution in [0.1, 0.15) is 23.2 Å². The van der Waals surface area contributed by atoms with Crippen LogP contribution in [0.5, 0.6) is 0 Å². The molecule has 0 spiro atoms. The zero-order valence-corrected chi connectivity index (χ0v) is 17.6. The summed E-state index contributed by atoms with van der Waals surface area (Å²) in [5.74, 6) is 0.953. The van der Waals surface area contributed by atoms with Gasteiger partial charge in [-0.05, 0) is 66.4 Å². The molecule has 1 aliphatic rings. The predicted octanol–water partition coefficient (Wildman–Crippen LogP) is 4.66. The van der Waals surface area contributed by atoms with E-state index in [2.05, 4.69) is 20.2 Å². The molecule has 0 radical (unpaired) electrons. The van der Waals surface area contributed by atoms with Crippen LogP contribution in [0.15, 0.2) is 54.9 Å². The summed E-state index contributed by atoms with van der Waals surface area (Å²) in [4.78, 5) is 23.4. The van der Waals surface area contributed by atoms with Crippen LogP contribution in [0.4, 0.5) is 11.6 Å². The number of halogens is 2. The molecule has 0 unspecified atom stereocenters. The van der Waals surface area contributed by atoms with Crippen molar-refractivity contribution in [2.45, 2.75) is 18.9 Å². The van der Waals surface area contributed by atoms with Crippen LogP contribution in [0.25, 0.3) is 11.1 Å². The third-order valence-corrected chi connectivity index (χ3v) is 5.43. The molecule has 2 aromatic heterocycles. The van der Waals surface area contributed by atoms with Gasteiger partial charge in [-0.3, -0.25) is 4.79 Å². The van der Waals surface area contributed by atoms with E-state index in [1.54, 1.807) is 30.6 Å². The Kier molecular flexibility index (Phi) is 6.18. The first-order chi connectivity index (χ1) is 14.5. The van der Waals surface area contributed by atoms with Crippen LogP contribution in [0.2, 0.25) is 10.0 Å². The fraction of sp³-hybridized carbons (Fsp3) is 0.227. The smallest absolute Gasteiger partial charge is 0.256 e. The molecular formula is C22H20Cl2N4O2. The molecule has 2 N–H and O–H groups in total. The Labute approximate surface area is 184 Å². The molecule has 0 atom stereocenters. The highest BCUT2D eigenvalue weighted by Gasteiger charge is 2.18. The highest BCUT2D eigenvalue weighted by Crippen LogP contribution is 2.26. The summed E-state index contributed by atoms with van der Waals surface area (Å²) in [6.45, 7) is 1.55.